The van der Waals surface area contributed by atoms with E-state index in [1.807, 2.05) is 0 Å². The van der Waals surface area contributed by atoms with Crippen molar-refractivity contribution in [2.75, 3.05) is 0 Å². The smallest absolute Gasteiger partial charge is 0.218 e. The van der Waals surface area contributed by atoms with E-state index in [0.717, 1.165) is 6.07 Å². The molecule has 1 unspecified atom stereocenters. The van der Waals surface area contributed by atoms with Gasteiger partial charge in [-0.05, 0) is 18.9 Å². The lowest BCUT2D eigenvalue weighted by molar-refractivity contribution is -0.325. The summed E-state index contributed by atoms with van der Waals surface area (Å²) in [6.45, 7) is 1.79. The molecule has 9 heteroatoms. The van der Waals surface area contributed by atoms with Crippen molar-refractivity contribution in [2.24, 2.45) is 0 Å². The van der Waals surface area contributed by atoms with Crippen LogP contribution < -0.4 is 0 Å². The van der Waals surface area contributed by atoms with Crippen LogP contribution in [0.1, 0.15) is 31.7 Å². The highest BCUT2D eigenvalue weighted by atomic mass is 127. The van der Waals surface area contributed by atoms with Crippen LogP contribution in [0, 0.1) is 12.2 Å². The average molecular weight is 523 g/mol. The average Bonchev–Trinajstić information content (AvgIpc) is 2.57. The van der Waals surface area contributed by atoms with Crippen LogP contribution in [-0.2, 0) is 3.42 Å². The Bertz CT molecular complexity index is 761. The Hall–Kier alpha value is -1.13. The summed E-state index contributed by atoms with van der Waals surface area (Å²) in [5.41, 5.74) is -7.21. The molecule has 1 aliphatic carbocycles. The van der Waals surface area contributed by atoms with Crippen LogP contribution in [0.15, 0.2) is 47.6 Å². The fraction of sp³-hybridized carbons (Fsp3) is 0.421. The molecule has 0 nitrogen and oxygen atoms in total. The molecule has 0 aliphatic heterocycles. The highest BCUT2D eigenvalue weighted by Crippen LogP contribution is 2.55. The van der Waals surface area contributed by atoms with Crippen molar-refractivity contribution in [3.63, 3.8) is 0 Å². The molecule has 2 rings (SSSR count). The van der Waals surface area contributed by atoms with Crippen LogP contribution in [0.2, 0.25) is 0 Å². The molecule has 1 aromatic rings. The number of hydrogen-bond acceptors (Lipinski definition) is 0. The van der Waals surface area contributed by atoms with Crippen LogP contribution in [0.5, 0.6) is 0 Å². The van der Waals surface area contributed by atoms with Gasteiger partial charge in [-0.15, -0.1) is 0 Å². The van der Waals surface area contributed by atoms with E-state index in [4.69, 9.17) is 0 Å². The first kappa shape index (κ1) is 23.2. The summed E-state index contributed by atoms with van der Waals surface area (Å²) >= 11 is 1.55. The Labute approximate surface area is 170 Å². The minimum absolute atomic E-state index is 0.0903. The monoisotopic (exact) mass is 523 g/mol. The van der Waals surface area contributed by atoms with E-state index in [9.17, 15) is 35.1 Å². The summed E-state index contributed by atoms with van der Waals surface area (Å²) < 4.78 is 107. The number of rotatable bonds is 5. The maximum Gasteiger partial charge on any atom is 0.435 e. The van der Waals surface area contributed by atoms with Crippen molar-refractivity contribution in [3.8, 4) is 0 Å². The normalized spacial score (nSPS) is 21.4. The highest BCUT2D eigenvalue weighted by Gasteiger charge is 2.74. The second-order valence-electron chi connectivity index (χ2n) is 6.47. The summed E-state index contributed by atoms with van der Waals surface area (Å²) in [5, 5.41) is 0. The van der Waals surface area contributed by atoms with Crippen molar-refractivity contribution >= 4 is 22.6 Å². The topological polar surface area (TPSA) is 0 Å². The standard InChI is InChI=1S/C19H16F8I/c1-2-3-6-12-9-13(17(21,18(22,23)24)19(25,26)27)11-16(28,10-12)14-7-4-5-8-15(14)20/h4-5,7-11H,2-3,6H2,1H3. The molecule has 155 valence electrons. The first-order valence-electron chi connectivity index (χ1n) is 8.32. The largest absolute Gasteiger partial charge is 0.435 e. The molecule has 0 amide bonds. The van der Waals surface area contributed by atoms with Crippen LogP contribution in [0.4, 0.5) is 35.1 Å². The summed E-state index contributed by atoms with van der Waals surface area (Å²) in [6.07, 6.45) is -8.77. The van der Waals surface area contributed by atoms with Crippen molar-refractivity contribution in [1.82, 2.24) is 0 Å². The van der Waals surface area contributed by atoms with Crippen LogP contribution in [0.25, 0.3) is 0 Å². The molecule has 0 saturated carbocycles. The Balaban J connectivity index is 2.72. The van der Waals surface area contributed by atoms with E-state index in [0.29, 0.717) is 25.0 Å². The van der Waals surface area contributed by atoms with Gasteiger partial charge in [0.2, 0.25) is 0 Å². The number of allylic oxidation sites excluding steroid dienone is 4. The molecular weight excluding hydrogens is 507 g/mol. The molecular formula is C19H16F8I. The van der Waals surface area contributed by atoms with E-state index in [1.165, 1.54) is 24.6 Å². The van der Waals surface area contributed by atoms with Crippen LogP contribution >= 0.6 is 22.6 Å². The van der Waals surface area contributed by atoms with Gasteiger partial charge in [-0.2, -0.15) is 26.3 Å². The molecule has 0 fully saturated rings. The molecule has 0 saturated heterocycles. The van der Waals surface area contributed by atoms with E-state index < -0.39 is 32.8 Å². The number of alkyl halides is 8. The maximum absolute atomic E-state index is 14.7. The zero-order valence-electron chi connectivity index (χ0n) is 14.6. The fourth-order valence-corrected chi connectivity index (χ4v) is 4.13. The van der Waals surface area contributed by atoms with E-state index in [2.05, 4.69) is 0 Å². The lowest BCUT2D eigenvalue weighted by Crippen LogP contribution is -2.55. The summed E-state index contributed by atoms with van der Waals surface area (Å²) in [6, 6.07) is 5.03. The Morgan fingerprint density at radius 3 is 2.04 bits per heavy atom. The quantitative estimate of drug-likeness (QED) is 0.213. The van der Waals surface area contributed by atoms with Gasteiger partial charge < -0.3 is 0 Å². The first-order chi connectivity index (χ1) is 12.8. The molecule has 0 aromatic heterocycles. The maximum atomic E-state index is 14.7. The van der Waals surface area contributed by atoms with Gasteiger partial charge in [0.1, 0.15) is 5.82 Å². The lowest BCUT2D eigenvalue weighted by Gasteiger charge is -2.37. The molecule has 1 aromatic carbocycles. The molecule has 0 heterocycles. The molecule has 0 bridgehead atoms. The fourth-order valence-electron chi connectivity index (χ4n) is 2.96. The number of halogens is 9. The lowest BCUT2D eigenvalue weighted by atomic mass is 9.78. The molecule has 28 heavy (non-hydrogen) atoms. The summed E-state index contributed by atoms with van der Waals surface area (Å²) in [5.74, 6) is -0.816. The Kier molecular flexibility index (Phi) is 6.57. The minimum atomic E-state index is -6.23. The van der Waals surface area contributed by atoms with Crippen LogP contribution in [-0.4, -0.2) is 18.0 Å². The second kappa shape index (κ2) is 7.95. The van der Waals surface area contributed by atoms with Gasteiger partial charge in [0, 0.05) is 17.6 Å². The van der Waals surface area contributed by atoms with Gasteiger partial charge in [-0.25, -0.2) is 8.78 Å². The van der Waals surface area contributed by atoms with Crippen molar-refractivity contribution in [3.05, 3.63) is 65.4 Å². The predicted octanol–water partition coefficient (Wildman–Crippen LogP) is 7.55. The molecule has 1 aliphatic rings. The second-order valence-corrected chi connectivity index (χ2v) is 8.25. The molecule has 1 atom stereocenters. The zero-order chi connectivity index (χ0) is 21.4. The first-order valence-corrected chi connectivity index (χ1v) is 9.40. The van der Waals surface area contributed by atoms with Crippen molar-refractivity contribution < 1.29 is 35.1 Å². The zero-order valence-corrected chi connectivity index (χ0v) is 16.7. The molecule has 0 N–H and O–H groups in total. The molecule has 1 radical (unpaired) electrons. The Morgan fingerprint density at radius 2 is 1.54 bits per heavy atom. The van der Waals surface area contributed by atoms with E-state index in [-0.39, 0.29) is 17.6 Å². The number of unbranched alkanes of at least 4 members (excludes halogenated alkanes) is 1. The third kappa shape index (κ3) is 4.23. The van der Waals surface area contributed by atoms with Gasteiger partial charge in [-0.1, -0.05) is 71.9 Å². The van der Waals surface area contributed by atoms with Crippen molar-refractivity contribution in [1.29, 1.82) is 0 Å². The van der Waals surface area contributed by atoms with E-state index in [1.54, 1.807) is 29.5 Å². The van der Waals surface area contributed by atoms with Gasteiger partial charge in [-0.3, -0.25) is 0 Å². The number of benzene rings is 1. The van der Waals surface area contributed by atoms with Gasteiger partial charge in [0.15, 0.2) is 0 Å². The van der Waals surface area contributed by atoms with Gasteiger partial charge >= 0.3 is 18.0 Å². The van der Waals surface area contributed by atoms with Crippen LogP contribution in [0.3, 0.4) is 0 Å². The predicted molar refractivity (Wildman–Crippen MR) is 98.0 cm³/mol. The number of hydrogen-bond donors (Lipinski definition) is 0. The van der Waals surface area contributed by atoms with Gasteiger partial charge in [0.25, 0.3) is 0 Å². The molecule has 0 spiro atoms. The highest BCUT2D eigenvalue weighted by molar-refractivity contribution is 14.1. The third-order valence-electron chi connectivity index (χ3n) is 4.39. The van der Waals surface area contributed by atoms with E-state index >= 15 is 0 Å². The third-order valence-corrected chi connectivity index (χ3v) is 5.59. The minimum Gasteiger partial charge on any atom is -0.218 e. The SMILES string of the molecule is CCCCC1=CC(C(F)(C(F)(F)F)C(F)(F)F)=CC(I)(c2ccccc2F)[CH]1. The van der Waals surface area contributed by atoms with Gasteiger partial charge in [0.05, 0.1) is 3.42 Å². The summed E-state index contributed by atoms with van der Waals surface area (Å²) in [7, 11) is 0. The summed E-state index contributed by atoms with van der Waals surface area (Å²) in [4.78, 5) is 0. The van der Waals surface area contributed by atoms with Crippen molar-refractivity contribution in [2.45, 2.75) is 47.6 Å². The Morgan fingerprint density at radius 1 is 0.964 bits per heavy atom.